The van der Waals surface area contributed by atoms with Gasteiger partial charge in [-0.1, -0.05) is 30.6 Å². The van der Waals surface area contributed by atoms with Crippen molar-refractivity contribution in [3.05, 3.63) is 30.5 Å². The summed E-state index contributed by atoms with van der Waals surface area (Å²) in [6.45, 7) is 0.691. The number of rotatable bonds is 11. The van der Waals surface area contributed by atoms with E-state index in [1.807, 2.05) is 24.3 Å². The third-order valence-corrected chi connectivity index (χ3v) is 9.33. The van der Waals surface area contributed by atoms with E-state index in [1.165, 1.54) is 42.4 Å². The van der Waals surface area contributed by atoms with Gasteiger partial charge in [-0.25, -0.2) is 9.78 Å². The van der Waals surface area contributed by atoms with Crippen molar-refractivity contribution in [2.24, 2.45) is 5.92 Å². The molecule has 1 aromatic heterocycles. The fourth-order valence-corrected chi connectivity index (χ4v) is 7.11. The average molecular weight is 548 g/mol. The third-order valence-electron chi connectivity index (χ3n) is 7.22. The maximum absolute atomic E-state index is 13.5. The van der Waals surface area contributed by atoms with E-state index in [2.05, 4.69) is 15.2 Å². The first-order chi connectivity index (χ1) is 18.0. The van der Waals surface area contributed by atoms with Gasteiger partial charge in [-0.15, -0.1) is 11.8 Å². The van der Waals surface area contributed by atoms with Gasteiger partial charge < -0.3 is 19.5 Å². The van der Waals surface area contributed by atoms with Crippen molar-refractivity contribution < 1.29 is 24.2 Å². The molecule has 2 aromatic rings. The van der Waals surface area contributed by atoms with E-state index in [0.717, 1.165) is 54.2 Å². The Kier molecular flexibility index (Phi) is 10.4. The number of nitrogens with zero attached hydrogens (tertiary/aromatic N) is 2. The summed E-state index contributed by atoms with van der Waals surface area (Å²) < 4.78 is 12.2. The molecule has 0 unspecified atom stereocenters. The van der Waals surface area contributed by atoms with Crippen LogP contribution in [0.4, 0.5) is 9.93 Å². The van der Waals surface area contributed by atoms with Gasteiger partial charge in [-0.3, -0.25) is 10.1 Å². The lowest BCUT2D eigenvalue weighted by Crippen LogP contribution is -2.51. The van der Waals surface area contributed by atoms with E-state index in [-0.39, 0.29) is 24.5 Å². The van der Waals surface area contributed by atoms with Crippen LogP contribution in [0.15, 0.2) is 34.7 Å². The normalized spacial score (nSPS) is 20.2. The van der Waals surface area contributed by atoms with Gasteiger partial charge in [0.05, 0.1) is 30.5 Å². The van der Waals surface area contributed by atoms with Crippen LogP contribution < -0.4 is 14.8 Å². The van der Waals surface area contributed by atoms with Crippen LogP contribution in [-0.4, -0.2) is 58.5 Å². The minimum Gasteiger partial charge on any atom is -0.497 e. The summed E-state index contributed by atoms with van der Waals surface area (Å²) in [5, 5.41) is 12.5. The summed E-state index contributed by atoms with van der Waals surface area (Å²) in [5.41, 5.74) is 0. The second-order valence-electron chi connectivity index (χ2n) is 9.77. The van der Waals surface area contributed by atoms with Crippen LogP contribution in [-0.2, 0) is 4.79 Å². The Morgan fingerprint density at radius 2 is 1.73 bits per heavy atom. The highest BCUT2D eigenvalue weighted by atomic mass is 32.2. The standard InChI is InChI=1S/C27H37N3O5S2/c1-34-22-11-13-23(14-12-22)35-18-19-7-9-21(10-8-19)30(20-5-3-2-4-6-20)27(33)29-26-28-17-25(37-26)36-16-15-24(31)32/h11-14,17,19-21H,2-10,15-16,18H2,1H3,(H,31,32)(H,28,29,33)/t19-,21-. The number of methoxy groups -OCH3 is 1. The summed E-state index contributed by atoms with van der Waals surface area (Å²) in [6.07, 6.45) is 11.6. The number of carboxylic acids is 1. The van der Waals surface area contributed by atoms with Crippen molar-refractivity contribution >= 4 is 40.2 Å². The zero-order valence-electron chi connectivity index (χ0n) is 21.4. The number of thioether (sulfide) groups is 1. The van der Waals surface area contributed by atoms with Crippen molar-refractivity contribution in [1.29, 1.82) is 0 Å². The van der Waals surface area contributed by atoms with E-state index in [9.17, 15) is 9.59 Å². The molecule has 1 aromatic carbocycles. The van der Waals surface area contributed by atoms with E-state index in [1.54, 1.807) is 13.3 Å². The summed E-state index contributed by atoms with van der Waals surface area (Å²) in [4.78, 5) is 30.8. The highest BCUT2D eigenvalue weighted by molar-refractivity contribution is 8.01. The summed E-state index contributed by atoms with van der Waals surface area (Å²) >= 11 is 2.87. The first-order valence-electron chi connectivity index (χ1n) is 13.2. The number of amides is 2. The van der Waals surface area contributed by atoms with Crippen molar-refractivity contribution in [2.45, 2.75) is 80.5 Å². The molecule has 2 saturated carbocycles. The van der Waals surface area contributed by atoms with Gasteiger partial charge in [0.1, 0.15) is 11.5 Å². The van der Waals surface area contributed by atoms with Gasteiger partial charge in [0.15, 0.2) is 5.13 Å². The molecule has 0 atom stereocenters. The molecule has 2 amide bonds. The summed E-state index contributed by atoms with van der Waals surface area (Å²) in [6, 6.07) is 8.14. The van der Waals surface area contributed by atoms with E-state index in [0.29, 0.717) is 23.4 Å². The average Bonchev–Trinajstić information content (AvgIpc) is 3.36. The molecular formula is C27H37N3O5S2. The fourth-order valence-electron chi connectivity index (χ4n) is 5.24. The predicted molar refractivity (Wildman–Crippen MR) is 147 cm³/mol. The molecule has 0 spiro atoms. The molecule has 0 aliphatic heterocycles. The van der Waals surface area contributed by atoms with E-state index in [4.69, 9.17) is 14.6 Å². The minimum atomic E-state index is -0.810. The highest BCUT2D eigenvalue weighted by Gasteiger charge is 2.34. The molecular weight excluding hydrogens is 510 g/mol. The molecule has 2 aliphatic rings. The van der Waals surface area contributed by atoms with Gasteiger partial charge in [0.2, 0.25) is 0 Å². The van der Waals surface area contributed by atoms with Crippen LogP contribution in [0.1, 0.15) is 64.2 Å². The molecule has 2 aliphatic carbocycles. The number of thiazole rings is 1. The number of carboxylic acid groups (broad SMARTS) is 1. The number of hydrogen-bond acceptors (Lipinski definition) is 7. The lowest BCUT2D eigenvalue weighted by atomic mass is 9.84. The predicted octanol–water partition coefficient (Wildman–Crippen LogP) is 6.52. The monoisotopic (exact) mass is 547 g/mol. The molecule has 37 heavy (non-hydrogen) atoms. The Labute approximate surface area is 227 Å². The fraction of sp³-hybridized carbons (Fsp3) is 0.593. The van der Waals surface area contributed by atoms with Crippen LogP contribution >= 0.6 is 23.1 Å². The Morgan fingerprint density at radius 3 is 2.41 bits per heavy atom. The number of benzene rings is 1. The second kappa shape index (κ2) is 13.9. The number of urea groups is 1. The zero-order valence-corrected chi connectivity index (χ0v) is 23.0. The molecule has 8 nitrogen and oxygen atoms in total. The highest BCUT2D eigenvalue weighted by Crippen LogP contribution is 2.34. The van der Waals surface area contributed by atoms with E-state index < -0.39 is 5.97 Å². The number of hydrogen-bond donors (Lipinski definition) is 2. The number of aromatic nitrogens is 1. The minimum absolute atomic E-state index is 0.0544. The molecule has 1 heterocycles. The van der Waals surface area contributed by atoms with Gasteiger partial charge in [0.25, 0.3) is 0 Å². The van der Waals surface area contributed by atoms with Gasteiger partial charge in [-0.2, -0.15) is 0 Å². The largest absolute Gasteiger partial charge is 0.497 e. The Balaban J connectivity index is 1.31. The quantitative estimate of drug-likeness (QED) is 0.309. The van der Waals surface area contributed by atoms with Crippen LogP contribution in [0, 0.1) is 5.92 Å². The SMILES string of the molecule is COc1ccc(OC[C@H]2CC[C@H](N(C(=O)Nc3ncc(SCCC(=O)O)s3)C3CCCCC3)CC2)cc1. The molecule has 0 radical (unpaired) electrons. The molecule has 0 bridgehead atoms. The molecule has 2 N–H and O–H groups in total. The summed E-state index contributed by atoms with van der Waals surface area (Å²) in [7, 11) is 1.66. The zero-order chi connectivity index (χ0) is 26.0. The lowest BCUT2D eigenvalue weighted by molar-refractivity contribution is -0.136. The van der Waals surface area contributed by atoms with Crippen molar-refractivity contribution in [3.63, 3.8) is 0 Å². The molecule has 10 heteroatoms. The van der Waals surface area contributed by atoms with Crippen molar-refractivity contribution in [3.8, 4) is 11.5 Å². The van der Waals surface area contributed by atoms with Crippen LogP contribution in [0.3, 0.4) is 0 Å². The number of carbonyl (C=O) groups excluding carboxylic acids is 1. The van der Waals surface area contributed by atoms with E-state index >= 15 is 0 Å². The number of ether oxygens (including phenoxy) is 2. The third kappa shape index (κ3) is 8.26. The second-order valence-corrected chi connectivity index (χ2v) is 12.2. The van der Waals surface area contributed by atoms with Crippen LogP contribution in [0.25, 0.3) is 0 Å². The number of nitrogens with one attached hydrogen (secondary N) is 1. The van der Waals surface area contributed by atoms with Gasteiger partial charge in [-0.05, 0) is 68.7 Å². The Bertz CT molecular complexity index is 1000. The maximum atomic E-state index is 13.5. The number of aliphatic carboxylic acids is 1. The lowest BCUT2D eigenvalue weighted by Gasteiger charge is -2.42. The topological polar surface area (TPSA) is 101 Å². The maximum Gasteiger partial charge on any atom is 0.324 e. The van der Waals surface area contributed by atoms with Crippen molar-refractivity contribution in [2.75, 3.05) is 24.8 Å². The molecule has 4 rings (SSSR count). The smallest absolute Gasteiger partial charge is 0.324 e. The molecule has 0 saturated heterocycles. The Hall–Kier alpha value is -2.46. The molecule has 2 fully saturated rings. The first-order valence-corrected chi connectivity index (χ1v) is 15.0. The molecule has 202 valence electrons. The van der Waals surface area contributed by atoms with Gasteiger partial charge >= 0.3 is 12.0 Å². The first kappa shape index (κ1) is 27.6. The van der Waals surface area contributed by atoms with Gasteiger partial charge in [0, 0.05) is 17.8 Å². The summed E-state index contributed by atoms with van der Waals surface area (Å²) in [5.74, 6) is 1.84. The number of anilines is 1. The van der Waals surface area contributed by atoms with Crippen molar-refractivity contribution in [1.82, 2.24) is 9.88 Å². The van der Waals surface area contributed by atoms with Crippen LogP contribution in [0.5, 0.6) is 11.5 Å². The Morgan fingerprint density at radius 1 is 1.05 bits per heavy atom. The number of carbonyl (C=O) groups is 2. The van der Waals surface area contributed by atoms with Crippen LogP contribution in [0.2, 0.25) is 0 Å².